The highest BCUT2D eigenvalue weighted by Crippen LogP contribution is 2.29. The Morgan fingerprint density at radius 3 is 2.67 bits per heavy atom. The van der Waals surface area contributed by atoms with E-state index in [1.54, 1.807) is 0 Å². The van der Waals surface area contributed by atoms with Crippen LogP contribution in [0, 0.1) is 5.39 Å². The van der Waals surface area contributed by atoms with Crippen molar-refractivity contribution in [2.75, 3.05) is 0 Å². The highest BCUT2D eigenvalue weighted by molar-refractivity contribution is 5.93. The van der Waals surface area contributed by atoms with E-state index in [0.717, 1.165) is 0 Å². The molecule has 0 aromatic heterocycles. The maximum Gasteiger partial charge on any atom is 0.426 e. The molecule has 2 N–H and O–H groups in total. The summed E-state index contributed by atoms with van der Waals surface area (Å²) in [4.78, 5) is 13.1. The third-order valence-electron chi connectivity index (χ3n) is 1.35. The molecule has 0 radical (unpaired) electrons. The number of diazo groups is 1. The SMILES string of the molecule is N#[N+]c1cccc(C(=O)O)c1O. The van der Waals surface area contributed by atoms with E-state index in [1.807, 2.05) is 0 Å². The summed E-state index contributed by atoms with van der Waals surface area (Å²) in [5.74, 6) is -1.80. The van der Waals surface area contributed by atoms with Crippen LogP contribution in [0.2, 0.25) is 0 Å². The summed E-state index contributed by atoms with van der Waals surface area (Å²) in [6.45, 7) is 0. The number of rotatable bonds is 1. The Morgan fingerprint density at radius 1 is 1.50 bits per heavy atom. The third-order valence-corrected chi connectivity index (χ3v) is 1.35. The number of aromatic carboxylic acids is 1. The van der Waals surface area contributed by atoms with Crippen LogP contribution in [0.3, 0.4) is 0 Å². The van der Waals surface area contributed by atoms with Gasteiger partial charge >= 0.3 is 11.7 Å². The second-order valence-corrected chi connectivity index (χ2v) is 2.08. The largest absolute Gasteiger partial charge is 0.501 e. The Bertz CT molecular complexity index is 367. The van der Waals surface area contributed by atoms with E-state index in [1.165, 1.54) is 18.2 Å². The van der Waals surface area contributed by atoms with Gasteiger partial charge in [-0.3, -0.25) is 0 Å². The van der Waals surface area contributed by atoms with Gasteiger partial charge in [-0.1, -0.05) is 6.07 Å². The van der Waals surface area contributed by atoms with Crippen molar-refractivity contribution in [2.24, 2.45) is 0 Å². The fourth-order valence-corrected chi connectivity index (χ4v) is 0.785. The summed E-state index contributed by atoms with van der Waals surface area (Å²) in [6.07, 6.45) is 0. The normalized spacial score (nSPS) is 8.92. The minimum Gasteiger partial charge on any atom is -0.501 e. The summed E-state index contributed by atoms with van der Waals surface area (Å²) in [6, 6.07) is 3.88. The predicted octanol–water partition coefficient (Wildman–Crippen LogP) is 1.57. The fraction of sp³-hybridized carbons (Fsp3) is 0. The van der Waals surface area contributed by atoms with Crippen molar-refractivity contribution >= 4 is 11.7 Å². The van der Waals surface area contributed by atoms with Gasteiger partial charge in [0, 0.05) is 6.07 Å². The highest BCUT2D eigenvalue weighted by atomic mass is 16.4. The Morgan fingerprint density at radius 2 is 2.17 bits per heavy atom. The van der Waals surface area contributed by atoms with Crippen molar-refractivity contribution in [2.45, 2.75) is 0 Å². The molecule has 0 spiro atoms. The van der Waals surface area contributed by atoms with E-state index in [0.29, 0.717) is 0 Å². The quantitative estimate of drug-likeness (QED) is 0.618. The summed E-state index contributed by atoms with van der Waals surface area (Å²) in [5.41, 5.74) is -0.444. The average Bonchev–Trinajstić information content (AvgIpc) is 2.04. The second kappa shape index (κ2) is 2.88. The molecule has 0 aliphatic carbocycles. The lowest BCUT2D eigenvalue weighted by Crippen LogP contribution is -1.95. The highest BCUT2D eigenvalue weighted by Gasteiger charge is 2.20. The molecule has 5 heteroatoms. The first-order valence-electron chi connectivity index (χ1n) is 3.07. The van der Waals surface area contributed by atoms with Gasteiger partial charge in [-0.05, 0) is 6.07 Å². The molecule has 0 aliphatic rings. The maximum absolute atomic E-state index is 10.4. The van der Waals surface area contributed by atoms with Crippen molar-refractivity contribution in [1.82, 2.24) is 0 Å². The zero-order valence-electron chi connectivity index (χ0n) is 5.93. The van der Waals surface area contributed by atoms with Crippen molar-refractivity contribution < 1.29 is 15.0 Å². The van der Waals surface area contributed by atoms with Gasteiger partial charge in [0.05, 0.1) is 0 Å². The molecule has 1 aromatic carbocycles. The van der Waals surface area contributed by atoms with Gasteiger partial charge in [0.1, 0.15) is 5.56 Å². The van der Waals surface area contributed by atoms with Crippen molar-refractivity contribution in [3.8, 4) is 5.75 Å². The Hall–Kier alpha value is -2.09. The minimum atomic E-state index is -1.27. The Labute approximate surface area is 67.5 Å². The molecule has 0 heterocycles. The lowest BCUT2D eigenvalue weighted by Gasteiger charge is -1.93. The number of phenols is 1. The Kier molecular flexibility index (Phi) is 1.92. The van der Waals surface area contributed by atoms with Crippen molar-refractivity contribution in [3.63, 3.8) is 0 Å². The fourth-order valence-electron chi connectivity index (χ4n) is 0.785. The first-order valence-corrected chi connectivity index (χ1v) is 3.07. The molecule has 0 fully saturated rings. The van der Waals surface area contributed by atoms with Crippen molar-refractivity contribution in [3.05, 3.63) is 28.7 Å². The first-order chi connectivity index (χ1) is 5.66. The summed E-state index contributed by atoms with van der Waals surface area (Å²) in [5, 5.41) is 25.9. The van der Waals surface area contributed by atoms with Crippen LogP contribution < -0.4 is 0 Å². The van der Waals surface area contributed by atoms with Crippen LogP contribution in [0.1, 0.15) is 10.4 Å². The van der Waals surface area contributed by atoms with Crippen LogP contribution in [0.5, 0.6) is 5.75 Å². The number of carbonyl (C=O) groups is 1. The molecule has 0 atom stereocenters. The monoisotopic (exact) mass is 165 g/mol. The number of nitrogens with zero attached hydrogens (tertiary/aromatic N) is 2. The topological polar surface area (TPSA) is 85.7 Å². The number of para-hydroxylation sites is 1. The number of hydrogen-bond donors (Lipinski definition) is 2. The van der Waals surface area contributed by atoms with Crippen LogP contribution in [-0.4, -0.2) is 16.2 Å². The lowest BCUT2D eigenvalue weighted by atomic mass is 10.2. The molecule has 0 saturated heterocycles. The third kappa shape index (κ3) is 1.18. The lowest BCUT2D eigenvalue weighted by molar-refractivity contribution is 0.0694. The minimum absolute atomic E-state index is 0.157. The van der Waals surface area contributed by atoms with Gasteiger partial charge in [0.2, 0.25) is 11.1 Å². The number of carboxylic acid groups (broad SMARTS) is 1. The van der Waals surface area contributed by atoms with Gasteiger partial charge in [0.25, 0.3) is 0 Å². The zero-order chi connectivity index (χ0) is 9.14. The molecule has 60 valence electrons. The van der Waals surface area contributed by atoms with E-state index in [-0.39, 0.29) is 11.3 Å². The summed E-state index contributed by atoms with van der Waals surface area (Å²) >= 11 is 0. The second-order valence-electron chi connectivity index (χ2n) is 2.08. The molecule has 1 rings (SSSR count). The summed E-state index contributed by atoms with van der Waals surface area (Å²) in [7, 11) is 0. The van der Waals surface area contributed by atoms with E-state index in [4.69, 9.17) is 15.6 Å². The van der Waals surface area contributed by atoms with Crippen LogP contribution in [0.4, 0.5) is 5.69 Å². The van der Waals surface area contributed by atoms with Crippen LogP contribution >= 0.6 is 0 Å². The van der Waals surface area contributed by atoms with Crippen molar-refractivity contribution in [1.29, 1.82) is 5.39 Å². The molecule has 0 bridgehead atoms. The van der Waals surface area contributed by atoms with Crippen LogP contribution in [-0.2, 0) is 0 Å². The zero-order valence-corrected chi connectivity index (χ0v) is 5.93. The molecular weight excluding hydrogens is 160 g/mol. The van der Waals surface area contributed by atoms with E-state index in [2.05, 4.69) is 4.98 Å². The standard InChI is InChI=1S/C7H4N2O3/c8-9-5-3-1-2-4(6(5)10)7(11)12/h1-3H,(H-,10,11,12)/p+1. The van der Waals surface area contributed by atoms with E-state index < -0.39 is 11.7 Å². The average molecular weight is 165 g/mol. The summed E-state index contributed by atoms with van der Waals surface area (Å²) < 4.78 is 0. The Balaban J connectivity index is 3.35. The van der Waals surface area contributed by atoms with E-state index in [9.17, 15) is 4.79 Å². The van der Waals surface area contributed by atoms with E-state index >= 15 is 0 Å². The molecule has 0 unspecified atom stereocenters. The number of benzene rings is 1. The molecule has 1 aromatic rings. The van der Waals surface area contributed by atoms with Crippen LogP contribution in [0.25, 0.3) is 4.98 Å². The molecule has 5 nitrogen and oxygen atoms in total. The molecule has 0 saturated carbocycles. The smallest absolute Gasteiger partial charge is 0.426 e. The first kappa shape index (κ1) is 8.01. The van der Waals surface area contributed by atoms with Crippen LogP contribution in [0.15, 0.2) is 18.2 Å². The number of hydrogen-bond acceptors (Lipinski definition) is 3. The number of carboxylic acids is 1. The number of aromatic hydroxyl groups is 1. The van der Waals surface area contributed by atoms with Gasteiger partial charge in [-0.2, -0.15) is 0 Å². The maximum atomic E-state index is 10.4. The van der Waals surface area contributed by atoms with Gasteiger partial charge < -0.3 is 10.2 Å². The van der Waals surface area contributed by atoms with Gasteiger partial charge in [0.15, 0.2) is 4.98 Å². The predicted molar refractivity (Wildman–Crippen MR) is 39.8 cm³/mol. The molecule has 0 aliphatic heterocycles. The molecule has 12 heavy (non-hydrogen) atoms. The molecular formula is C7H5N2O3+. The van der Waals surface area contributed by atoms with Gasteiger partial charge in [-0.15, -0.1) is 0 Å². The molecule has 0 amide bonds. The van der Waals surface area contributed by atoms with Gasteiger partial charge in [-0.25, -0.2) is 4.79 Å².